The van der Waals surface area contributed by atoms with Crippen LogP contribution in [0.5, 0.6) is 0 Å². The third kappa shape index (κ3) is 3.21. The SMILES string of the molecule is Cc1cc(C)cc(-c2ncc(C(F)(F)F)cc2C(=O)O)c1. The number of carboxylic acid groups (broad SMARTS) is 1. The van der Waals surface area contributed by atoms with E-state index < -0.39 is 23.3 Å². The first kappa shape index (κ1) is 15.0. The van der Waals surface area contributed by atoms with E-state index >= 15 is 0 Å². The van der Waals surface area contributed by atoms with Gasteiger partial charge in [-0.2, -0.15) is 13.2 Å². The molecule has 0 bridgehead atoms. The summed E-state index contributed by atoms with van der Waals surface area (Å²) in [6.45, 7) is 3.64. The highest BCUT2D eigenvalue weighted by molar-refractivity contribution is 5.95. The van der Waals surface area contributed by atoms with Gasteiger partial charge in [0.2, 0.25) is 0 Å². The molecule has 1 aromatic heterocycles. The van der Waals surface area contributed by atoms with E-state index in [9.17, 15) is 18.0 Å². The average molecular weight is 295 g/mol. The number of carbonyl (C=O) groups is 1. The van der Waals surface area contributed by atoms with E-state index in [-0.39, 0.29) is 5.69 Å². The van der Waals surface area contributed by atoms with Gasteiger partial charge in [0.15, 0.2) is 0 Å². The maximum atomic E-state index is 12.7. The van der Waals surface area contributed by atoms with Crippen LogP contribution in [0.15, 0.2) is 30.5 Å². The molecule has 1 heterocycles. The van der Waals surface area contributed by atoms with Crippen LogP contribution in [0, 0.1) is 13.8 Å². The molecule has 0 unspecified atom stereocenters. The minimum absolute atomic E-state index is 0.0299. The van der Waals surface area contributed by atoms with E-state index in [1.54, 1.807) is 12.1 Å². The zero-order valence-corrected chi connectivity index (χ0v) is 11.3. The largest absolute Gasteiger partial charge is 0.478 e. The minimum atomic E-state index is -4.63. The van der Waals surface area contributed by atoms with Gasteiger partial charge >= 0.3 is 12.1 Å². The van der Waals surface area contributed by atoms with Crippen molar-refractivity contribution in [2.45, 2.75) is 20.0 Å². The highest BCUT2D eigenvalue weighted by Gasteiger charge is 2.32. The summed E-state index contributed by atoms with van der Waals surface area (Å²) in [7, 11) is 0. The normalized spacial score (nSPS) is 11.5. The first-order chi connectivity index (χ1) is 9.68. The lowest BCUT2D eigenvalue weighted by Gasteiger charge is -2.11. The molecule has 21 heavy (non-hydrogen) atoms. The molecule has 2 rings (SSSR count). The topological polar surface area (TPSA) is 50.2 Å². The predicted octanol–water partition coefficient (Wildman–Crippen LogP) is 4.08. The molecule has 0 saturated carbocycles. The second-order valence-corrected chi connectivity index (χ2v) is 4.80. The molecule has 0 spiro atoms. The van der Waals surface area contributed by atoms with Crippen molar-refractivity contribution in [1.82, 2.24) is 4.98 Å². The fraction of sp³-hybridized carbons (Fsp3) is 0.200. The van der Waals surface area contributed by atoms with Crippen LogP contribution in [-0.2, 0) is 6.18 Å². The number of carboxylic acids is 1. The number of pyridine rings is 1. The maximum absolute atomic E-state index is 12.7. The number of aryl methyl sites for hydroxylation is 2. The summed E-state index contributed by atoms with van der Waals surface area (Å²) >= 11 is 0. The van der Waals surface area contributed by atoms with Gasteiger partial charge in [-0.3, -0.25) is 4.98 Å². The van der Waals surface area contributed by atoms with Gasteiger partial charge < -0.3 is 5.11 Å². The predicted molar refractivity (Wildman–Crippen MR) is 71.1 cm³/mol. The van der Waals surface area contributed by atoms with Crippen molar-refractivity contribution < 1.29 is 23.1 Å². The van der Waals surface area contributed by atoms with Crippen LogP contribution in [0.2, 0.25) is 0 Å². The quantitative estimate of drug-likeness (QED) is 0.908. The molecule has 3 nitrogen and oxygen atoms in total. The second kappa shape index (κ2) is 5.20. The Morgan fingerprint density at radius 3 is 2.14 bits per heavy atom. The number of hydrogen-bond donors (Lipinski definition) is 1. The molecular weight excluding hydrogens is 283 g/mol. The number of alkyl halides is 3. The highest BCUT2D eigenvalue weighted by atomic mass is 19.4. The van der Waals surface area contributed by atoms with Crippen molar-refractivity contribution in [3.8, 4) is 11.3 Å². The number of aromatic nitrogens is 1. The van der Waals surface area contributed by atoms with Gasteiger partial charge in [-0.1, -0.05) is 17.2 Å². The Balaban J connectivity index is 2.66. The lowest BCUT2D eigenvalue weighted by Crippen LogP contribution is -2.10. The summed E-state index contributed by atoms with van der Waals surface area (Å²) in [5.41, 5.74) is 0.731. The Morgan fingerprint density at radius 1 is 1.10 bits per heavy atom. The van der Waals surface area contributed by atoms with Gasteiger partial charge in [0.05, 0.1) is 16.8 Å². The van der Waals surface area contributed by atoms with Crippen molar-refractivity contribution in [3.05, 3.63) is 52.7 Å². The Hall–Kier alpha value is -2.37. The molecule has 1 aromatic carbocycles. The standard InChI is InChI=1S/C15H12F3NO2/c1-8-3-9(2)5-10(4-8)13-12(14(20)21)6-11(7-19-13)15(16,17)18/h3-7H,1-2H3,(H,20,21). The smallest absolute Gasteiger partial charge is 0.417 e. The zero-order valence-electron chi connectivity index (χ0n) is 11.3. The average Bonchev–Trinajstić information content (AvgIpc) is 2.35. The molecule has 0 aliphatic carbocycles. The Morgan fingerprint density at radius 2 is 1.67 bits per heavy atom. The van der Waals surface area contributed by atoms with Crippen LogP contribution in [-0.4, -0.2) is 16.1 Å². The van der Waals surface area contributed by atoms with Gasteiger partial charge in [-0.25, -0.2) is 4.79 Å². The first-order valence-electron chi connectivity index (χ1n) is 6.07. The third-order valence-corrected chi connectivity index (χ3v) is 2.94. The van der Waals surface area contributed by atoms with Crippen LogP contribution in [0.3, 0.4) is 0 Å². The van der Waals surface area contributed by atoms with Crippen LogP contribution in [0.1, 0.15) is 27.0 Å². The number of rotatable bonds is 2. The van der Waals surface area contributed by atoms with Crippen molar-refractivity contribution >= 4 is 5.97 Å². The van der Waals surface area contributed by atoms with Crippen molar-refractivity contribution in [3.63, 3.8) is 0 Å². The molecule has 0 amide bonds. The van der Waals surface area contributed by atoms with Gasteiger partial charge in [0.1, 0.15) is 0 Å². The molecule has 0 saturated heterocycles. The Labute approximate surface area is 119 Å². The van der Waals surface area contributed by atoms with E-state index in [0.717, 1.165) is 11.1 Å². The second-order valence-electron chi connectivity index (χ2n) is 4.80. The van der Waals surface area contributed by atoms with Gasteiger partial charge in [-0.05, 0) is 32.0 Å². The molecule has 2 aromatic rings. The molecule has 6 heteroatoms. The molecule has 0 atom stereocenters. The van der Waals surface area contributed by atoms with Gasteiger partial charge in [0, 0.05) is 11.8 Å². The fourth-order valence-electron chi connectivity index (χ4n) is 2.12. The summed E-state index contributed by atoms with van der Waals surface area (Å²) in [5.74, 6) is -1.44. The summed E-state index contributed by atoms with van der Waals surface area (Å²) in [5, 5.41) is 9.15. The lowest BCUT2D eigenvalue weighted by atomic mass is 10.00. The molecule has 0 aliphatic rings. The van der Waals surface area contributed by atoms with Crippen molar-refractivity contribution in [2.75, 3.05) is 0 Å². The van der Waals surface area contributed by atoms with Gasteiger partial charge in [-0.15, -0.1) is 0 Å². The third-order valence-electron chi connectivity index (χ3n) is 2.94. The van der Waals surface area contributed by atoms with E-state index in [1.807, 2.05) is 19.9 Å². The monoisotopic (exact) mass is 295 g/mol. The number of aromatic carboxylic acids is 1. The van der Waals surface area contributed by atoms with Crippen LogP contribution >= 0.6 is 0 Å². The Kier molecular flexibility index (Phi) is 3.72. The number of nitrogens with zero attached hydrogens (tertiary/aromatic N) is 1. The minimum Gasteiger partial charge on any atom is -0.478 e. The Bertz CT molecular complexity index is 688. The van der Waals surface area contributed by atoms with Crippen LogP contribution in [0.4, 0.5) is 13.2 Å². The van der Waals surface area contributed by atoms with E-state index in [1.165, 1.54) is 0 Å². The molecule has 0 aliphatic heterocycles. The first-order valence-corrected chi connectivity index (χ1v) is 6.07. The number of hydrogen-bond acceptors (Lipinski definition) is 2. The van der Waals surface area contributed by atoms with E-state index in [0.29, 0.717) is 17.8 Å². The van der Waals surface area contributed by atoms with Gasteiger partial charge in [0.25, 0.3) is 0 Å². The van der Waals surface area contributed by atoms with Crippen LogP contribution in [0.25, 0.3) is 11.3 Å². The lowest BCUT2D eigenvalue weighted by molar-refractivity contribution is -0.137. The molecule has 0 fully saturated rings. The molecular formula is C15H12F3NO2. The van der Waals surface area contributed by atoms with E-state index in [2.05, 4.69) is 4.98 Å². The van der Waals surface area contributed by atoms with Crippen molar-refractivity contribution in [2.24, 2.45) is 0 Å². The number of benzene rings is 1. The summed E-state index contributed by atoms with van der Waals surface area (Å²) in [6.07, 6.45) is -3.97. The molecule has 1 N–H and O–H groups in total. The molecule has 110 valence electrons. The zero-order chi connectivity index (χ0) is 15.8. The summed E-state index contributed by atoms with van der Waals surface area (Å²) in [6, 6.07) is 5.88. The van der Waals surface area contributed by atoms with Crippen LogP contribution < -0.4 is 0 Å². The fourth-order valence-corrected chi connectivity index (χ4v) is 2.12. The molecule has 0 radical (unpaired) electrons. The van der Waals surface area contributed by atoms with Crippen molar-refractivity contribution in [1.29, 1.82) is 0 Å². The maximum Gasteiger partial charge on any atom is 0.417 e. The van der Waals surface area contributed by atoms with E-state index in [4.69, 9.17) is 5.11 Å². The summed E-state index contributed by atoms with van der Waals surface area (Å²) in [4.78, 5) is 15.0. The summed E-state index contributed by atoms with van der Waals surface area (Å²) < 4.78 is 38.0. The number of halogens is 3. The highest BCUT2D eigenvalue weighted by Crippen LogP contribution is 2.32.